The molecule has 1 aromatic heterocycles. The second kappa shape index (κ2) is 7.90. The lowest BCUT2D eigenvalue weighted by Gasteiger charge is -2.13. The van der Waals surface area contributed by atoms with Gasteiger partial charge in [-0.3, -0.25) is 4.79 Å². The monoisotopic (exact) mass is 355 g/mol. The summed E-state index contributed by atoms with van der Waals surface area (Å²) < 4.78 is 13.0. The Morgan fingerprint density at radius 3 is 2.60 bits per heavy atom. The second-order valence-corrected chi connectivity index (χ2v) is 6.47. The van der Waals surface area contributed by atoms with Gasteiger partial charge in [-0.25, -0.2) is 9.37 Å². The molecule has 0 bridgehead atoms. The maximum atomic E-state index is 13.0. The number of hydrogen-bond acceptors (Lipinski definition) is 4. The van der Waals surface area contributed by atoms with Crippen LogP contribution in [0.25, 0.3) is 11.3 Å². The fourth-order valence-corrected chi connectivity index (χ4v) is 3.09. The molecule has 0 aliphatic rings. The maximum Gasteiger partial charge on any atom is 0.242 e. The zero-order chi connectivity index (χ0) is 17.6. The molecule has 2 N–H and O–H groups in total. The smallest absolute Gasteiger partial charge is 0.242 e. The van der Waals surface area contributed by atoms with Gasteiger partial charge in [0.2, 0.25) is 5.91 Å². The van der Waals surface area contributed by atoms with Crippen LogP contribution in [-0.2, 0) is 11.3 Å². The fraction of sp³-hybridized carbons (Fsp3) is 0.158. The average Bonchev–Trinajstić information content (AvgIpc) is 3.09. The van der Waals surface area contributed by atoms with Gasteiger partial charge in [0.15, 0.2) is 5.13 Å². The SMILES string of the molecule is CC(Nc1nc(-c2ccc(F)cc2)cs1)C(=O)NCc1ccccc1. The average molecular weight is 355 g/mol. The molecule has 3 rings (SSSR count). The van der Waals surface area contributed by atoms with Crippen LogP contribution in [0, 0.1) is 5.82 Å². The lowest BCUT2D eigenvalue weighted by molar-refractivity contribution is -0.121. The number of benzene rings is 2. The van der Waals surface area contributed by atoms with Gasteiger partial charge in [0.05, 0.1) is 5.69 Å². The molecule has 25 heavy (non-hydrogen) atoms. The van der Waals surface area contributed by atoms with E-state index in [1.807, 2.05) is 35.7 Å². The van der Waals surface area contributed by atoms with E-state index in [1.165, 1.54) is 23.5 Å². The Labute approximate surface area is 149 Å². The van der Waals surface area contributed by atoms with Gasteiger partial charge < -0.3 is 10.6 Å². The molecule has 1 unspecified atom stereocenters. The summed E-state index contributed by atoms with van der Waals surface area (Å²) in [4.78, 5) is 16.7. The van der Waals surface area contributed by atoms with Crippen molar-refractivity contribution in [3.05, 3.63) is 71.4 Å². The highest BCUT2D eigenvalue weighted by Gasteiger charge is 2.14. The van der Waals surface area contributed by atoms with E-state index in [9.17, 15) is 9.18 Å². The molecular formula is C19H18FN3OS. The third-order valence-corrected chi connectivity index (χ3v) is 4.46. The van der Waals surface area contributed by atoms with E-state index in [4.69, 9.17) is 0 Å². The van der Waals surface area contributed by atoms with Gasteiger partial charge in [-0.2, -0.15) is 0 Å². The first-order chi connectivity index (χ1) is 12.1. The zero-order valence-electron chi connectivity index (χ0n) is 13.7. The van der Waals surface area contributed by atoms with E-state index < -0.39 is 6.04 Å². The van der Waals surface area contributed by atoms with E-state index in [0.29, 0.717) is 11.7 Å². The third-order valence-electron chi connectivity index (χ3n) is 3.69. The summed E-state index contributed by atoms with van der Waals surface area (Å²) in [5, 5.41) is 8.53. The molecule has 0 radical (unpaired) electrons. The zero-order valence-corrected chi connectivity index (χ0v) is 14.5. The quantitative estimate of drug-likeness (QED) is 0.701. The molecule has 4 nitrogen and oxygen atoms in total. The minimum absolute atomic E-state index is 0.0950. The largest absolute Gasteiger partial charge is 0.350 e. The first-order valence-corrected chi connectivity index (χ1v) is 8.79. The molecule has 128 valence electrons. The van der Waals surface area contributed by atoms with Crippen LogP contribution in [0.15, 0.2) is 60.0 Å². The first kappa shape index (κ1) is 17.1. The molecule has 0 spiro atoms. The Hall–Kier alpha value is -2.73. The van der Waals surface area contributed by atoms with Crippen molar-refractivity contribution in [1.29, 1.82) is 0 Å². The molecular weight excluding hydrogens is 337 g/mol. The lowest BCUT2D eigenvalue weighted by atomic mass is 10.2. The van der Waals surface area contributed by atoms with E-state index >= 15 is 0 Å². The molecule has 0 aliphatic carbocycles. The van der Waals surface area contributed by atoms with Crippen molar-refractivity contribution < 1.29 is 9.18 Å². The summed E-state index contributed by atoms with van der Waals surface area (Å²) in [7, 11) is 0. The van der Waals surface area contributed by atoms with Crippen molar-refractivity contribution in [1.82, 2.24) is 10.3 Å². The van der Waals surface area contributed by atoms with Gasteiger partial charge in [0.1, 0.15) is 11.9 Å². The molecule has 0 aliphatic heterocycles. The minimum atomic E-state index is -0.407. The fourth-order valence-electron chi connectivity index (χ4n) is 2.28. The van der Waals surface area contributed by atoms with Gasteiger partial charge in [-0.1, -0.05) is 30.3 Å². The normalized spacial score (nSPS) is 11.8. The summed E-state index contributed by atoms with van der Waals surface area (Å²) in [5.41, 5.74) is 2.65. The van der Waals surface area contributed by atoms with E-state index in [-0.39, 0.29) is 11.7 Å². The Balaban J connectivity index is 1.56. The maximum absolute atomic E-state index is 13.0. The number of nitrogens with zero attached hydrogens (tertiary/aromatic N) is 1. The summed E-state index contributed by atoms with van der Waals surface area (Å²) in [5.74, 6) is -0.372. The summed E-state index contributed by atoms with van der Waals surface area (Å²) >= 11 is 1.41. The van der Waals surface area contributed by atoms with Crippen LogP contribution in [-0.4, -0.2) is 16.9 Å². The van der Waals surface area contributed by atoms with E-state index in [1.54, 1.807) is 19.1 Å². The Morgan fingerprint density at radius 2 is 1.88 bits per heavy atom. The van der Waals surface area contributed by atoms with Crippen LogP contribution in [0.4, 0.5) is 9.52 Å². The Morgan fingerprint density at radius 1 is 1.16 bits per heavy atom. The molecule has 0 saturated heterocycles. The number of aromatic nitrogens is 1. The topological polar surface area (TPSA) is 54.0 Å². The number of nitrogens with one attached hydrogen (secondary N) is 2. The number of carbonyl (C=O) groups excluding carboxylic acids is 1. The third kappa shape index (κ3) is 4.64. The number of thiazole rings is 1. The van der Waals surface area contributed by atoms with Gasteiger partial charge in [-0.15, -0.1) is 11.3 Å². The number of rotatable bonds is 6. The number of hydrogen-bond donors (Lipinski definition) is 2. The molecule has 1 amide bonds. The van der Waals surface area contributed by atoms with Gasteiger partial charge >= 0.3 is 0 Å². The van der Waals surface area contributed by atoms with Crippen LogP contribution in [0.2, 0.25) is 0 Å². The molecule has 1 heterocycles. The van der Waals surface area contributed by atoms with E-state index in [0.717, 1.165) is 16.8 Å². The Bertz CT molecular complexity index is 833. The Kier molecular flexibility index (Phi) is 5.40. The molecule has 2 aromatic carbocycles. The van der Waals surface area contributed by atoms with Crippen LogP contribution < -0.4 is 10.6 Å². The predicted molar refractivity (Wildman–Crippen MR) is 98.9 cm³/mol. The number of halogens is 1. The van der Waals surface area contributed by atoms with E-state index in [2.05, 4.69) is 15.6 Å². The van der Waals surface area contributed by atoms with Crippen molar-refractivity contribution in [2.24, 2.45) is 0 Å². The molecule has 6 heteroatoms. The predicted octanol–water partition coefficient (Wildman–Crippen LogP) is 4.07. The van der Waals surface area contributed by atoms with Crippen molar-refractivity contribution in [3.63, 3.8) is 0 Å². The van der Waals surface area contributed by atoms with Crippen molar-refractivity contribution >= 4 is 22.4 Å². The van der Waals surface area contributed by atoms with Crippen molar-refractivity contribution in [2.75, 3.05) is 5.32 Å². The second-order valence-electron chi connectivity index (χ2n) is 5.61. The van der Waals surface area contributed by atoms with Gasteiger partial charge in [0, 0.05) is 17.5 Å². The number of anilines is 1. The highest BCUT2D eigenvalue weighted by molar-refractivity contribution is 7.14. The molecule has 0 saturated carbocycles. The molecule has 0 fully saturated rings. The van der Waals surface area contributed by atoms with Gasteiger partial charge in [-0.05, 0) is 36.8 Å². The molecule has 3 aromatic rings. The van der Waals surface area contributed by atoms with Crippen LogP contribution in [0.5, 0.6) is 0 Å². The number of amides is 1. The lowest BCUT2D eigenvalue weighted by Crippen LogP contribution is -2.37. The van der Waals surface area contributed by atoms with Crippen molar-refractivity contribution in [3.8, 4) is 11.3 Å². The van der Waals surface area contributed by atoms with Crippen molar-refractivity contribution in [2.45, 2.75) is 19.5 Å². The summed E-state index contributed by atoms with van der Waals surface area (Å²) in [6, 6.07) is 15.5. The summed E-state index contributed by atoms with van der Waals surface area (Å²) in [6.07, 6.45) is 0. The van der Waals surface area contributed by atoms with Gasteiger partial charge in [0.25, 0.3) is 0 Å². The first-order valence-electron chi connectivity index (χ1n) is 7.91. The highest BCUT2D eigenvalue weighted by Crippen LogP contribution is 2.25. The van der Waals surface area contributed by atoms with Crippen LogP contribution >= 0.6 is 11.3 Å². The number of carbonyl (C=O) groups is 1. The minimum Gasteiger partial charge on any atom is -0.350 e. The van der Waals surface area contributed by atoms with Crippen LogP contribution in [0.1, 0.15) is 12.5 Å². The molecule has 1 atom stereocenters. The highest BCUT2D eigenvalue weighted by atomic mass is 32.1. The summed E-state index contributed by atoms with van der Waals surface area (Å²) in [6.45, 7) is 2.28. The van der Waals surface area contributed by atoms with Crippen LogP contribution in [0.3, 0.4) is 0 Å². The standard InChI is InChI=1S/C19H18FN3OS/c1-13(18(24)21-11-14-5-3-2-4-6-14)22-19-23-17(12-25-19)15-7-9-16(20)10-8-15/h2-10,12-13H,11H2,1H3,(H,21,24)(H,22,23).